The molecule has 0 aliphatic rings. The number of amides is 1. The van der Waals surface area contributed by atoms with Gasteiger partial charge in [0.2, 0.25) is 5.75 Å². The first kappa shape index (κ1) is 40.7. The second-order valence-electron chi connectivity index (χ2n) is 9.87. The Kier molecular flexibility index (Phi) is 18.1. The van der Waals surface area contributed by atoms with E-state index in [1.165, 1.54) is 31.2 Å². The molecule has 1 atom stereocenters. The minimum absolute atomic E-state index is 0.0766. The highest BCUT2D eigenvalue weighted by Crippen LogP contribution is 2.41. The predicted molar refractivity (Wildman–Crippen MR) is 198 cm³/mol. The monoisotopic (exact) mass is 747 g/mol. The fourth-order valence-electron chi connectivity index (χ4n) is 4.13. The van der Waals surface area contributed by atoms with E-state index >= 15 is 0 Å². The highest BCUT2D eigenvalue weighted by molar-refractivity contribution is 7.99. The van der Waals surface area contributed by atoms with Crippen molar-refractivity contribution in [3.63, 3.8) is 0 Å². The maximum atomic E-state index is 14.0. The van der Waals surface area contributed by atoms with E-state index in [-0.39, 0.29) is 30.1 Å². The first-order valence-corrected chi connectivity index (χ1v) is 19.0. The average molecular weight is 748 g/mol. The van der Waals surface area contributed by atoms with E-state index in [0.717, 1.165) is 26.8 Å². The maximum Gasteiger partial charge on any atom is 0.279 e. The molecule has 12 nitrogen and oxygen atoms in total. The molecule has 1 heterocycles. The van der Waals surface area contributed by atoms with Gasteiger partial charge < -0.3 is 35.5 Å². The van der Waals surface area contributed by atoms with Crippen molar-refractivity contribution in [1.29, 1.82) is 5.26 Å². The topological polar surface area (TPSA) is 172 Å². The number of halogens is 1. The van der Waals surface area contributed by atoms with Crippen LogP contribution in [0.4, 0.5) is 10.1 Å². The highest BCUT2D eigenvalue weighted by atomic mass is 32.2. The Morgan fingerprint density at radius 1 is 1.00 bits per heavy atom. The smallest absolute Gasteiger partial charge is 0.279 e. The third kappa shape index (κ3) is 12.3. The lowest BCUT2D eigenvalue weighted by atomic mass is 10.1. The lowest BCUT2D eigenvalue weighted by molar-refractivity contribution is -0.175. The lowest BCUT2D eigenvalue weighted by Crippen LogP contribution is -2.15. The molecular formula is C34H43FN5O7PS2. The van der Waals surface area contributed by atoms with Gasteiger partial charge in [-0.3, -0.25) is 4.79 Å². The molecule has 1 unspecified atom stereocenters. The number of benzene rings is 3. The molecule has 1 aromatic heterocycles. The molecule has 0 saturated carbocycles. The number of carbonyl (C=O) groups excluding carboxylic acids is 1. The van der Waals surface area contributed by atoms with Crippen molar-refractivity contribution in [2.75, 3.05) is 51.6 Å². The third-order valence-corrected chi connectivity index (χ3v) is 9.64. The molecule has 0 aliphatic carbocycles. The van der Waals surface area contributed by atoms with Gasteiger partial charge in [-0.1, -0.05) is 20.8 Å². The van der Waals surface area contributed by atoms with Crippen LogP contribution in [0.2, 0.25) is 0 Å². The quantitative estimate of drug-likeness (QED) is 0.0230. The van der Waals surface area contributed by atoms with Crippen LogP contribution in [0.1, 0.15) is 49.5 Å². The van der Waals surface area contributed by atoms with Gasteiger partial charge in [0.05, 0.1) is 36.4 Å². The Hall–Kier alpha value is -3.71. The summed E-state index contributed by atoms with van der Waals surface area (Å²) < 4.78 is 47.8. The summed E-state index contributed by atoms with van der Waals surface area (Å²) in [5.74, 6) is 0.374. The molecule has 50 heavy (non-hydrogen) atoms. The number of nitrogens with two attached hydrogens (primary N) is 2. The van der Waals surface area contributed by atoms with Gasteiger partial charge in [-0.05, 0) is 85.3 Å². The third-order valence-electron chi connectivity index (χ3n) is 6.26. The molecule has 0 bridgehead atoms. The molecule has 16 heteroatoms. The number of fused-ring (bicyclic) bond motifs is 1. The Labute approximate surface area is 301 Å². The SMILES string of the molecule is CC.CCCOc1cc(C(=O)Nc2ccc3sc(SNCP(OOC)Oc4ccc(C#N)c(F)c4)cc3c2)cc(OCCCN)c1OCCN. The van der Waals surface area contributed by atoms with Crippen LogP contribution < -0.4 is 40.2 Å². The van der Waals surface area contributed by atoms with Gasteiger partial charge in [0, 0.05) is 28.6 Å². The zero-order valence-corrected chi connectivity index (χ0v) is 31.0. The Bertz CT molecular complexity index is 1710. The van der Waals surface area contributed by atoms with E-state index < -0.39 is 14.2 Å². The van der Waals surface area contributed by atoms with Crippen LogP contribution >= 0.6 is 31.7 Å². The van der Waals surface area contributed by atoms with Gasteiger partial charge in [-0.15, -0.1) is 11.3 Å². The summed E-state index contributed by atoms with van der Waals surface area (Å²) in [4.78, 5) is 18.2. The van der Waals surface area contributed by atoms with Crippen LogP contribution in [0.15, 0.2) is 58.8 Å². The summed E-state index contributed by atoms with van der Waals surface area (Å²) in [5.41, 5.74) is 12.2. The molecule has 0 spiro atoms. The number of anilines is 1. The second kappa shape index (κ2) is 22.2. The van der Waals surface area contributed by atoms with Crippen LogP contribution in [0.3, 0.4) is 0 Å². The molecule has 4 aromatic rings. The molecule has 0 fully saturated rings. The van der Waals surface area contributed by atoms with E-state index in [0.29, 0.717) is 61.2 Å². The highest BCUT2D eigenvalue weighted by Gasteiger charge is 2.20. The van der Waals surface area contributed by atoms with Gasteiger partial charge in [-0.25, -0.2) is 14.0 Å². The standard InChI is InChI=1S/C32H37FN5O7PS2.C2H6/c1-3-11-41-27-15-23(16-28(42-12-4-9-34)31(27)43-13-10-35)32(39)38-24-6-8-29-22(14-24)17-30(47-29)48-37-20-46(45-40-2)44-25-7-5-21(19-36)26(33)18-25;1-2/h5-8,14-18,37H,3-4,9-13,20,34-35H2,1-2H3,(H,38,39);1-2H3. The minimum atomic E-state index is -1.62. The second-order valence-corrected chi connectivity index (χ2v) is 13.5. The van der Waals surface area contributed by atoms with E-state index in [1.807, 2.05) is 45.0 Å². The average Bonchev–Trinajstić information content (AvgIpc) is 3.53. The first-order chi connectivity index (χ1) is 24.4. The van der Waals surface area contributed by atoms with E-state index in [4.69, 9.17) is 45.0 Å². The van der Waals surface area contributed by atoms with Crippen LogP contribution in [0.25, 0.3) is 10.1 Å². The summed E-state index contributed by atoms with van der Waals surface area (Å²) in [7, 11) is -0.266. The van der Waals surface area contributed by atoms with Crippen LogP contribution in [0, 0.1) is 17.1 Å². The van der Waals surface area contributed by atoms with Crippen LogP contribution in [-0.4, -0.2) is 52.2 Å². The number of nitriles is 1. The maximum absolute atomic E-state index is 14.0. The van der Waals surface area contributed by atoms with Crippen molar-refractivity contribution in [3.8, 4) is 29.1 Å². The number of hydrogen-bond acceptors (Lipinski definition) is 13. The summed E-state index contributed by atoms with van der Waals surface area (Å²) in [6, 6.07) is 16.7. The number of carbonyl (C=O) groups is 1. The molecule has 4 rings (SSSR count). The van der Waals surface area contributed by atoms with E-state index in [2.05, 4.69) is 10.0 Å². The Morgan fingerprint density at radius 2 is 1.76 bits per heavy atom. The van der Waals surface area contributed by atoms with Crippen molar-refractivity contribution in [1.82, 2.24) is 4.72 Å². The molecule has 0 radical (unpaired) electrons. The molecule has 1 amide bonds. The fourth-order valence-corrected chi connectivity index (χ4v) is 7.19. The van der Waals surface area contributed by atoms with Gasteiger partial charge in [0.15, 0.2) is 11.5 Å². The van der Waals surface area contributed by atoms with E-state index in [1.54, 1.807) is 29.5 Å². The molecule has 0 aliphatic heterocycles. The van der Waals surface area contributed by atoms with Crippen LogP contribution in [0.5, 0.6) is 23.0 Å². The van der Waals surface area contributed by atoms with Crippen molar-refractivity contribution in [2.24, 2.45) is 11.5 Å². The molecule has 0 saturated heterocycles. The zero-order valence-electron chi connectivity index (χ0n) is 28.5. The zero-order chi connectivity index (χ0) is 36.3. The van der Waals surface area contributed by atoms with Gasteiger partial charge in [0.1, 0.15) is 24.2 Å². The Morgan fingerprint density at radius 3 is 2.42 bits per heavy atom. The first-order valence-electron chi connectivity index (χ1n) is 16.0. The molecule has 3 aromatic carbocycles. The van der Waals surface area contributed by atoms with Crippen molar-refractivity contribution < 1.29 is 37.5 Å². The number of nitrogens with zero attached hydrogens (tertiary/aromatic N) is 1. The fraction of sp³-hybridized carbons (Fsp3) is 0.353. The van der Waals surface area contributed by atoms with Gasteiger partial charge >= 0.3 is 0 Å². The normalized spacial score (nSPS) is 11.2. The summed E-state index contributed by atoms with van der Waals surface area (Å²) in [6.45, 7) is 7.79. The number of ether oxygens (including phenoxy) is 3. The number of rotatable bonds is 20. The molecule has 6 N–H and O–H groups in total. The van der Waals surface area contributed by atoms with Crippen molar-refractivity contribution in [2.45, 2.75) is 37.8 Å². The van der Waals surface area contributed by atoms with Crippen molar-refractivity contribution >= 4 is 53.3 Å². The summed E-state index contributed by atoms with van der Waals surface area (Å²) in [5, 5.41) is 12.8. The lowest BCUT2D eigenvalue weighted by Gasteiger charge is -2.18. The van der Waals surface area contributed by atoms with E-state index in [9.17, 15) is 9.18 Å². The number of hydrogen-bond donors (Lipinski definition) is 4. The number of thiophene rings is 1. The summed E-state index contributed by atoms with van der Waals surface area (Å²) >= 11 is 2.93. The minimum Gasteiger partial charge on any atom is -0.490 e. The van der Waals surface area contributed by atoms with Crippen molar-refractivity contribution in [3.05, 3.63) is 71.5 Å². The molecule has 270 valence electrons. The van der Waals surface area contributed by atoms with Gasteiger partial charge in [0.25, 0.3) is 14.3 Å². The summed E-state index contributed by atoms with van der Waals surface area (Å²) in [6.07, 6.45) is 1.65. The van der Waals surface area contributed by atoms with Crippen LogP contribution in [-0.2, 0) is 9.56 Å². The molecular weight excluding hydrogens is 705 g/mol. The largest absolute Gasteiger partial charge is 0.490 e. The van der Waals surface area contributed by atoms with Gasteiger partial charge in [-0.2, -0.15) is 9.94 Å². The predicted octanol–water partition coefficient (Wildman–Crippen LogP) is 7.57. The Balaban J connectivity index is 0.00000332. The number of nitrogens with one attached hydrogen (secondary N) is 2.